The van der Waals surface area contributed by atoms with Gasteiger partial charge in [0.1, 0.15) is 24.1 Å². The number of pyridine rings is 1. The Hall–Kier alpha value is -2.84. The third-order valence-electron chi connectivity index (χ3n) is 9.16. The number of benzene rings is 2. The molecule has 2 aromatic carbocycles. The Kier molecular flexibility index (Phi) is 13.1. The molecule has 1 aromatic heterocycles. The lowest BCUT2D eigenvalue weighted by molar-refractivity contribution is -0.159. The average Bonchev–Trinajstić information content (AvgIpc) is 4.06. The SMILES string of the molecule is C[C@@H](O)CN(CCCCc1cc(Cl)c(COC2(c3cnccc3-c3ccccc3OC3CC3)CC2)cc1Cl)C(=O)C(O)C(O)C(O)C(O)CO. The van der Waals surface area contributed by atoms with Crippen molar-refractivity contribution in [1.82, 2.24) is 9.88 Å². The summed E-state index contributed by atoms with van der Waals surface area (Å²) in [7, 11) is 0. The molecular formula is C37H46Cl2N2O9. The predicted octanol–water partition coefficient (Wildman–Crippen LogP) is 3.77. The molecule has 0 spiro atoms. The molecule has 1 amide bonds. The third kappa shape index (κ3) is 9.52. The number of nitrogens with zero attached hydrogens (tertiary/aromatic N) is 2. The van der Waals surface area contributed by atoms with Gasteiger partial charge in [-0.25, -0.2) is 0 Å². The Morgan fingerprint density at radius 2 is 1.68 bits per heavy atom. The Bertz CT molecular complexity index is 1600. The quantitative estimate of drug-likeness (QED) is 0.0997. The number of unbranched alkanes of at least 4 members (excludes halogenated alkanes) is 1. The summed E-state index contributed by atoms with van der Waals surface area (Å²) < 4.78 is 12.8. The lowest BCUT2D eigenvalue weighted by atomic mass is 9.96. The van der Waals surface area contributed by atoms with Crippen molar-refractivity contribution in [2.45, 2.75) is 101 Å². The molecule has 0 bridgehead atoms. The predicted molar refractivity (Wildman–Crippen MR) is 188 cm³/mol. The number of aliphatic hydroxyl groups is 6. The molecule has 2 fully saturated rings. The van der Waals surface area contributed by atoms with Gasteiger partial charge in [0.25, 0.3) is 5.91 Å². The van der Waals surface area contributed by atoms with Crippen LogP contribution in [-0.2, 0) is 28.2 Å². The summed E-state index contributed by atoms with van der Waals surface area (Å²) in [5.41, 5.74) is 4.12. The summed E-state index contributed by atoms with van der Waals surface area (Å²) >= 11 is 13.4. The van der Waals surface area contributed by atoms with Gasteiger partial charge in [0.2, 0.25) is 0 Å². The van der Waals surface area contributed by atoms with Crippen LogP contribution in [0.15, 0.2) is 54.9 Å². The van der Waals surface area contributed by atoms with Crippen LogP contribution in [0.4, 0.5) is 0 Å². The molecule has 2 aliphatic rings. The molecule has 13 heteroatoms. The van der Waals surface area contributed by atoms with Gasteiger partial charge < -0.3 is 45.0 Å². The van der Waals surface area contributed by atoms with Crippen LogP contribution in [0.2, 0.25) is 10.0 Å². The highest BCUT2D eigenvalue weighted by molar-refractivity contribution is 6.34. The molecule has 50 heavy (non-hydrogen) atoms. The Balaban J connectivity index is 1.19. The van der Waals surface area contributed by atoms with E-state index >= 15 is 0 Å². The van der Waals surface area contributed by atoms with Gasteiger partial charge in [0.15, 0.2) is 6.10 Å². The smallest absolute Gasteiger partial charge is 0.254 e. The van der Waals surface area contributed by atoms with Crippen LogP contribution in [0.3, 0.4) is 0 Å². The summed E-state index contributed by atoms with van der Waals surface area (Å²) in [6, 6.07) is 13.7. The first-order chi connectivity index (χ1) is 23.9. The maximum Gasteiger partial charge on any atom is 0.254 e. The van der Waals surface area contributed by atoms with Crippen LogP contribution in [-0.4, -0.2) is 103 Å². The highest BCUT2D eigenvalue weighted by Gasteiger charge is 2.48. The molecule has 0 saturated heterocycles. The zero-order chi connectivity index (χ0) is 36.0. The fourth-order valence-electron chi connectivity index (χ4n) is 5.99. The molecule has 1 heterocycles. The lowest BCUT2D eigenvalue weighted by Gasteiger charge is -2.30. The fourth-order valence-corrected chi connectivity index (χ4v) is 6.51. The Labute approximate surface area is 302 Å². The minimum absolute atomic E-state index is 0.120. The summed E-state index contributed by atoms with van der Waals surface area (Å²) in [6.07, 6.45) is 0.637. The van der Waals surface area contributed by atoms with Crippen LogP contribution in [0.1, 0.15) is 62.1 Å². The number of aryl methyl sites for hydroxylation is 1. The maximum atomic E-state index is 12.9. The molecule has 4 unspecified atom stereocenters. The van der Waals surface area contributed by atoms with E-state index in [0.29, 0.717) is 29.3 Å². The number of halogens is 2. The van der Waals surface area contributed by atoms with E-state index in [0.717, 1.165) is 59.3 Å². The number of hydrogen-bond donors (Lipinski definition) is 6. The minimum Gasteiger partial charge on any atom is -0.490 e. The number of para-hydroxylation sites is 1. The van der Waals surface area contributed by atoms with E-state index in [1.807, 2.05) is 42.6 Å². The van der Waals surface area contributed by atoms with Gasteiger partial charge in [0.05, 0.1) is 31.0 Å². The molecule has 5 atom stereocenters. The van der Waals surface area contributed by atoms with E-state index in [1.54, 1.807) is 6.20 Å². The van der Waals surface area contributed by atoms with E-state index in [1.165, 1.54) is 11.8 Å². The van der Waals surface area contributed by atoms with Crippen molar-refractivity contribution in [3.8, 4) is 16.9 Å². The van der Waals surface area contributed by atoms with Crippen molar-refractivity contribution in [2.24, 2.45) is 0 Å². The maximum absolute atomic E-state index is 12.9. The van der Waals surface area contributed by atoms with Gasteiger partial charge in [-0.15, -0.1) is 0 Å². The first-order valence-electron chi connectivity index (χ1n) is 17.1. The van der Waals surface area contributed by atoms with Gasteiger partial charge in [-0.1, -0.05) is 41.4 Å². The van der Waals surface area contributed by atoms with Crippen molar-refractivity contribution in [3.63, 3.8) is 0 Å². The number of amides is 1. The molecule has 2 saturated carbocycles. The molecular weight excluding hydrogens is 687 g/mol. The first-order valence-corrected chi connectivity index (χ1v) is 17.8. The normalized spacial score (nSPS) is 18.2. The van der Waals surface area contributed by atoms with E-state index in [4.69, 9.17) is 37.8 Å². The van der Waals surface area contributed by atoms with Crippen molar-refractivity contribution < 1.29 is 44.9 Å². The van der Waals surface area contributed by atoms with Crippen molar-refractivity contribution in [3.05, 3.63) is 81.6 Å². The summed E-state index contributed by atoms with van der Waals surface area (Å²) in [6.45, 7) is 0.883. The number of aliphatic hydroxyl groups excluding tert-OH is 6. The standard InChI is InChI=1S/C37H46Cl2N2O9/c1-22(43)19-41(36(48)35(47)34(46)33(45)31(44)20-42)15-5-4-6-23-16-30(39)24(17-29(23)38)21-49-37(12-13-37)28-18-40-14-11-26(28)27-7-2-3-8-32(27)50-25-9-10-25/h2-3,7-8,11,14,16-18,22,25,31,33-35,42-47H,4-6,9-10,12-13,15,19-21H2,1H3/t22-,31?,33?,34?,35?/m1/s1. The fraction of sp³-hybridized carbons (Fsp3) is 0.514. The molecule has 3 aromatic rings. The van der Waals surface area contributed by atoms with Gasteiger partial charge in [-0.3, -0.25) is 9.78 Å². The van der Waals surface area contributed by atoms with Crippen LogP contribution in [0.5, 0.6) is 5.75 Å². The summed E-state index contributed by atoms with van der Waals surface area (Å²) in [5.74, 6) is -0.0622. The van der Waals surface area contributed by atoms with Gasteiger partial charge in [-0.05, 0) is 92.8 Å². The minimum atomic E-state index is -2.07. The van der Waals surface area contributed by atoms with E-state index in [-0.39, 0.29) is 25.8 Å². The Morgan fingerprint density at radius 1 is 0.980 bits per heavy atom. The van der Waals surface area contributed by atoms with Gasteiger partial charge in [0, 0.05) is 46.7 Å². The highest BCUT2D eigenvalue weighted by atomic mass is 35.5. The van der Waals surface area contributed by atoms with Gasteiger partial charge in [-0.2, -0.15) is 0 Å². The van der Waals surface area contributed by atoms with Crippen molar-refractivity contribution >= 4 is 29.1 Å². The van der Waals surface area contributed by atoms with Crippen LogP contribution < -0.4 is 4.74 Å². The highest BCUT2D eigenvalue weighted by Crippen LogP contribution is 2.53. The van der Waals surface area contributed by atoms with Crippen LogP contribution in [0.25, 0.3) is 11.1 Å². The average molecular weight is 734 g/mol. The Morgan fingerprint density at radius 3 is 2.36 bits per heavy atom. The molecule has 11 nitrogen and oxygen atoms in total. The number of ether oxygens (including phenoxy) is 2. The zero-order valence-electron chi connectivity index (χ0n) is 28.0. The second-order valence-electron chi connectivity index (χ2n) is 13.3. The zero-order valence-corrected chi connectivity index (χ0v) is 29.5. The molecule has 272 valence electrons. The van der Waals surface area contributed by atoms with Gasteiger partial charge >= 0.3 is 0 Å². The molecule has 0 radical (unpaired) electrons. The number of rotatable bonds is 19. The molecule has 6 N–H and O–H groups in total. The number of hydrogen-bond acceptors (Lipinski definition) is 10. The second-order valence-corrected chi connectivity index (χ2v) is 14.1. The van der Waals surface area contributed by atoms with E-state index < -0.39 is 48.6 Å². The third-order valence-corrected chi connectivity index (χ3v) is 9.86. The van der Waals surface area contributed by atoms with Crippen molar-refractivity contribution in [2.75, 3.05) is 19.7 Å². The number of carbonyl (C=O) groups is 1. The monoisotopic (exact) mass is 732 g/mol. The molecule has 2 aliphatic carbocycles. The number of carbonyl (C=O) groups excluding carboxylic acids is 1. The largest absolute Gasteiger partial charge is 0.490 e. The topological polar surface area (TPSA) is 173 Å². The molecule has 0 aliphatic heterocycles. The first kappa shape index (κ1) is 38.4. The van der Waals surface area contributed by atoms with E-state index in [9.17, 15) is 30.3 Å². The van der Waals surface area contributed by atoms with E-state index in [2.05, 4.69) is 11.1 Å². The van der Waals surface area contributed by atoms with Crippen LogP contribution >= 0.6 is 23.2 Å². The van der Waals surface area contributed by atoms with Crippen LogP contribution in [0, 0.1) is 0 Å². The lowest BCUT2D eigenvalue weighted by Crippen LogP contribution is -2.53. The summed E-state index contributed by atoms with van der Waals surface area (Å²) in [5, 5.41) is 60.0. The summed E-state index contributed by atoms with van der Waals surface area (Å²) in [4.78, 5) is 18.5. The molecule has 5 rings (SSSR count). The number of aromatic nitrogens is 1. The second kappa shape index (κ2) is 17.1. The van der Waals surface area contributed by atoms with Crippen molar-refractivity contribution in [1.29, 1.82) is 0 Å².